The van der Waals surface area contributed by atoms with E-state index >= 15 is 0 Å². The van der Waals surface area contributed by atoms with Crippen LogP contribution in [0.5, 0.6) is 0 Å². The molecule has 130 valence electrons. The van der Waals surface area contributed by atoms with Crippen LogP contribution in [-0.4, -0.2) is 52.4 Å². The van der Waals surface area contributed by atoms with Crippen LogP contribution in [0.4, 0.5) is 5.82 Å². The van der Waals surface area contributed by atoms with Crippen LogP contribution in [0.3, 0.4) is 0 Å². The fraction of sp³-hybridized carbons (Fsp3) is 0.611. The Kier molecular flexibility index (Phi) is 5.14. The number of likely N-dealkylation sites (tertiary alicyclic amines) is 2. The van der Waals surface area contributed by atoms with Gasteiger partial charge < -0.3 is 10.2 Å². The number of carbonyl (C=O) groups is 2. The van der Waals surface area contributed by atoms with Crippen molar-refractivity contribution in [1.29, 1.82) is 0 Å². The van der Waals surface area contributed by atoms with Gasteiger partial charge in [0.25, 0.3) is 0 Å². The number of carbonyl (C=O) groups excluding carboxylic acids is 2. The van der Waals surface area contributed by atoms with Gasteiger partial charge in [-0.3, -0.25) is 14.5 Å². The van der Waals surface area contributed by atoms with Crippen molar-refractivity contribution in [3.05, 3.63) is 23.9 Å². The number of nitrogens with zero attached hydrogens (tertiary/aromatic N) is 3. The van der Waals surface area contributed by atoms with Gasteiger partial charge in [-0.1, -0.05) is 6.07 Å². The van der Waals surface area contributed by atoms with Crippen LogP contribution in [0, 0.1) is 12.8 Å². The zero-order valence-electron chi connectivity index (χ0n) is 14.5. The van der Waals surface area contributed by atoms with Crippen molar-refractivity contribution in [3.63, 3.8) is 0 Å². The van der Waals surface area contributed by atoms with Gasteiger partial charge in [0, 0.05) is 37.7 Å². The number of anilines is 1. The fourth-order valence-corrected chi connectivity index (χ4v) is 3.42. The Hall–Kier alpha value is -1.95. The smallest absolute Gasteiger partial charge is 0.228 e. The molecule has 2 aliphatic rings. The summed E-state index contributed by atoms with van der Waals surface area (Å²) in [5.41, 5.74) is 1.08. The topological polar surface area (TPSA) is 65.5 Å². The van der Waals surface area contributed by atoms with Crippen LogP contribution in [-0.2, 0) is 9.59 Å². The summed E-state index contributed by atoms with van der Waals surface area (Å²) in [5.74, 6) is 0.949. The van der Waals surface area contributed by atoms with E-state index in [2.05, 4.69) is 22.1 Å². The summed E-state index contributed by atoms with van der Waals surface area (Å²) in [7, 11) is 0. The van der Waals surface area contributed by atoms with Gasteiger partial charge in [-0.2, -0.15) is 0 Å². The second kappa shape index (κ2) is 7.30. The van der Waals surface area contributed by atoms with Crippen LogP contribution in [0.25, 0.3) is 0 Å². The summed E-state index contributed by atoms with van der Waals surface area (Å²) >= 11 is 0. The maximum absolute atomic E-state index is 12.4. The Balaban J connectivity index is 1.47. The molecule has 3 rings (SSSR count). The Morgan fingerprint density at radius 3 is 2.62 bits per heavy atom. The highest BCUT2D eigenvalue weighted by Crippen LogP contribution is 2.22. The molecule has 1 aromatic heterocycles. The second-order valence-corrected chi connectivity index (χ2v) is 6.99. The van der Waals surface area contributed by atoms with E-state index in [1.54, 1.807) is 6.20 Å². The predicted molar refractivity (Wildman–Crippen MR) is 92.3 cm³/mol. The maximum atomic E-state index is 12.4. The number of rotatable bonds is 4. The van der Waals surface area contributed by atoms with Crippen LogP contribution in [0.1, 0.15) is 38.2 Å². The number of piperidine rings is 1. The summed E-state index contributed by atoms with van der Waals surface area (Å²) in [5, 5.41) is 2.91. The first kappa shape index (κ1) is 16.9. The zero-order valence-corrected chi connectivity index (χ0v) is 14.5. The summed E-state index contributed by atoms with van der Waals surface area (Å²) < 4.78 is 0. The molecule has 2 saturated heterocycles. The third-order valence-corrected chi connectivity index (χ3v) is 5.10. The Bertz CT molecular complexity index is 594. The van der Waals surface area contributed by atoms with Gasteiger partial charge in [0.05, 0.1) is 6.67 Å². The second-order valence-electron chi connectivity index (χ2n) is 6.99. The van der Waals surface area contributed by atoms with E-state index in [1.807, 2.05) is 24.0 Å². The minimum atomic E-state index is 0.0241. The zero-order chi connectivity index (χ0) is 17.1. The number of aryl methyl sites for hydroxylation is 1. The summed E-state index contributed by atoms with van der Waals surface area (Å²) in [4.78, 5) is 32.7. The van der Waals surface area contributed by atoms with Gasteiger partial charge in [0.15, 0.2) is 0 Å². The molecular weight excluding hydrogens is 304 g/mol. The van der Waals surface area contributed by atoms with E-state index in [4.69, 9.17) is 0 Å². The van der Waals surface area contributed by atoms with Crippen molar-refractivity contribution in [2.75, 3.05) is 25.1 Å². The number of hydrogen-bond donors (Lipinski definition) is 1. The van der Waals surface area contributed by atoms with E-state index in [0.29, 0.717) is 24.9 Å². The molecule has 6 nitrogen and oxygen atoms in total. The molecule has 1 aromatic rings. The third kappa shape index (κ3) is 3.93. The molecule has 3 heterocycles. The maximum Gasteiger partial charge on any atom is 0.228 e. The summed E-state index contributed by atoms with van der Waals surface area (Å²) in [6.07, 6.45) is 5.04. The fourth-order valence-electron chi connectivity index (χ4n) is 3.42. The molecule has 24 heavy (non-hydrogen) atoms. The Morgan fingerprint density at radius 1 is 1.29 bits per heavy atom. The van der Waals surface area contributed by atoms with Crippen LogP contribution in [0.2, 0.25) is 0 Å². The largest absolute Gasteiger partial charge is 0.327 e. The lowest BCUT2D eigenvalue weighted by Crippen LogP contribution is -2.46. The van der Waals surface area contributed by atoms with Crippen molar-refractivity contribution in [1.82, 2.24) is 14.8 Å². The highest BCUT2D eigenvalue weighted by Gasteiger charge is 2.31. The van der Waals surface area contributed by atoms with Crippen LogP contribution >= 0.6 is 0 Å². The molecule has 0 aliphatic carbocycles. The highest BCUT2D eigenvalue weighted by molar-refractivity contribution is 5.91. The van der Waals surface area contributed by atoms with Gasteiger partial charge >= 0.3 is 0 Å². The van der Waals surface area contributed by atoms with E-state index in [1.165, 1.54) is 0 Å². The minimum Gasteiger partial charge on any atom is -0.327 e. The molecule has 0 bridgehead atoms. The van der Waals surface area contributed by atoms with Crippen LogP contribution < -0.4 is 5.32 Å². The average molecular weight is 330 g/mol. The molecule has 1 atom stereocenters. The Labute approximate surface area is 143 Å². The van der Waals surface area contributed by atoms with E-state index in [-0.39, 0.29) is 17.7 Å². The first-order valence-corrected chi connectivity index (χ1v) is 8.78. The van der Waals surface area contributed by atoms with Crippen molar-refractivity contribution in [2.24, 2.45) is 5.92 Å². The molecule has 2 amide bonds. The lowest BCUT2D eigenvalue weighted by atomic mass is 9.96. The quantitative estimate of drug-likeness (QED) is 0.917. The van der Waals surface area contributed by atoms with Gasteiger partial charge in [-0.15, -0.1) is 0 Å². The van der Waals surface area contributed by atoms with Crippen LogP contribution in [0.15, 0.2) is 18.3 Å². The molecular formula is C18H26N4O2. The SMILES string of the molecule is Cc1ccc(NC(=O)C2CCN(CN3C(=O)CC[C@@H]3C)CC2)nc1. The molecule has 0 unspecified atom stereocenters. The first-order valence-electron chi connectivity index (χ1n) is 8.78. The van der Waals surface area contributed by atoms with E-state index in [0.717, 1.165) is 37.9 Å². The minimum absolute atomic E-state index is 0.0241. The third-order valence-electron chi connectivity index (χ3n) is 5.10. The van der Waals surface area contributed by atoms with Gasteiger partial charge in [-0.25, -0.2) is 4.98 Å². The molecule has 0 spiro atoms. The lowest BCUT2D eigenvalue weighted by Gasteiger charge is -2.35. The number of nitrogens with one attached hydrogen (secondary N) is 1. The van der Waals surface area contributed by atoms with E-state index < -0.39 is 0 Å². The summed E-state index contributed by atoms with van der Waals surface area (Å²) in [6.45, 7) is 6.50. The average Bonchev–Trinajstić information content (AvgIpc) is 2.89. The number of pyridine rings is 1. The number of amides is 2. The van der Waals surface area contributed by atoms with E-state index in [9.17, 15) is 9.59 Å². The lowest BCUT2D eigenvalue weighted by molar-refractivity contribution is -0.131. The molecule has 2 fully saturated rings. The number of hydrogen-bond acceptors (Lipinski definition) is 4. The van der Waals surface area contributed by atoms with Crippen molar-refractivity contribution in [3.8, 4) is 0 Å². The highest BCUT2D eigenvalue weighted by atomic mass is 16.2. The van der Waals surface area contributed by atoms with Gasteiger partial charge in [0.2, 0.25) is 11.8 Å². The van der Waals surface area contributed by atoms with Gasteiger partial charge in [-0.05, 0) is 44.7 Å². The molecule has 0 radical (unpaired) electrons. The van der Waals surface area contributed by atoms with Crippen molar-refractivity contribution >= 4 is 17.6 Å². The van der Waals surface area contributed by atoms with Gasteiger partial charge in [0.1, 0.15) is 5.82 Å². The summed E-state index contributed by atoms with van der Waals surface area (Å²) in [6, 6.07) is 4.12. The monoisotopic (exact) mass is 330 g/mol. The predicted octanol–water partition coefficient (Wildman–Crippen LogP) is 2.01. The molecule has 0 saturated carbocycles. The Morgan fingerprint density at radius 2 is 2.04 bits per heavy atom. The number of aromatic nitrogens is 1. The molecule has 2 aliphatic heterocycles. The normalized spacial score (nSPS) is 22.8. The van der Waals surface area contributed by atoms with Crippen molar-refractivity contribution in [2.45, 2.75) is 45.6 Å². The first-order chi connectivity index (χ1) is 11.5. The molecule has 6 heteroatoms. The molecule has 0 aromatic carbocycles. The molecule has 1 N–H and O–H groups in total. The van der Waals surface area contributed by atoms with Crippen molar-refractivity contribution < 1.29 is 9.59 Å². The standard InChI is InChI=1S/C18H26N4O2/c1-13-3-5-16(19-11-13)20-18(24)15-7-9-21(10-8-15)12-22-14(2)4-6-17(22)23/h3,5,11,14-15H,4,6-10,12H2,1-2H3,(H,19,20,24)/t14-/m0/s1.